The average Bonchev–Trinajstić information content (AvgIpc) is 3.08. The molecule has 2 atom stereocenters. The third-order valence-electron chi connectivity index (χ3n) is 4.24. The highest BCUT2D eigenvalue weighted by molar-refractivity contribution is 6.06. The van der Waals surface area contributed by atoms with Crippen LogP contribution in [0, 0.1) is 0 Å². The van der Waals surface area contributed by atoms with Crippen LogP contribution in [0.5, 0.6) is 0 Å². The van der Waals surface area contributed by atoms with Gasteiger partial charge in [0.1, 0.15) is 12.1 Å². The van der Waals surface area contributed by atoms with E-state index in [1.807, 2.05) is 0 Å². The number of aliphatic carboxylic acids is 1. The molecule has 10 nitrogen and oxygen atoms in total. The summed E-state index contributed by atoms with van der Waals surface area (Å²) in [6.45, 7) is 4.25. The third kappa shape index (κ3) is 4.84. The fourth-order valence-electron chi connectivity index (χ4n) is 2.69. The Hall–Kier alpha value is -3.43. The molecule has 1 aromatic heterocycles. The first-order chi connectivity index (χ1) is 13.2. The van der Waals surface area contributed by atoms with Crippen LogP contribution in [0.4, 0.5) is 0 Å². The van der Waals surface area contributed by atoms with Crippen molar-refractivity contribution in [1.29, 1.82) is 0 Å². The molecule has 2 rings (SSSR count). The number of nitrogens with one attached hydrogen (secondary N) is 3. The molecule has 0 aliphatic heterocycles. The second-order valence-electron chi connectivity index (χ2n) is 6.34. The van der Waals surface area contributed by atoms with Gasteiger partial charge in [0.05, 0.1) is 5.52 Å². The van der Waals surface area contributed by atoms with Gasteiger partial charge in [-0.15, -0.1) is 0 Å². The number of amides is 3. The van der Waals surface area contributed by atoms with Gasteiger partial charge in [-0.1, -0.05) is 18.2 Å². The van der Waals surface area contributed by atoms with Crippen molar-refractivity contribution in [2.75, 3.05) is 13.1 Å². The second kappa shape index (κ2) is 8.98. The first-order valence-corrected chi connectivity index (χ1v) is 8.74. The van der Waals surface area contributed by atoms with E-state index in [0.29, 0.717) is 10.9 Å². The molecule has 0 fully saturated rings. The molecule has 0 saturated carbocycles. The predicted octanol–water partition coefficient (Wildman–Crippen LogP) is 0.119. The number of para-hydroxylation sites is 1. The first-order valence-electron chi connectivity index (χ1n) is 8.74. The summed E-state index contributed by atoms with van der Waals surface area (Å²) in [7, 11) is 0. The van der Waals surface area contributed by atoms with E-state index < -0.39 is 29.9 Å². The number of carbonyl (C=O) groups excluding carboxylic acids is 3. The molecule has 0 aliphatic carbocycles. The standard InChI is InChI=1S/C18H23N5O5/c1-10(17(26)23(11(2)18(27)28)9-8-19-12(3)24)20-16(25)15-13-6-4-5-7-14(13)21-22-15/h4-7,10-11H,8-9H2,1-3H3,(H,19,24)(H,20,25)(H,21,22)(H,27,28). The monoisotopic (exact) mass is 389 g/mol. The molecule has 10 heteroatoms. The van der Waals surface area contributed by atoms with Crippen LogP contribution < -0.4 is 10.6 Å². The van der Waals surface area contributed by atoms with Crippen molar-refractivity contribution in [3.05, 3.63) is 30.0 Å². The molecule has 0 saturated heterocycles. The number of aromatic amines is 1. The zero-order valence-electron chi connectivity index (χ0n) is 15.9. The van der Waals surface area contributed by atoms with Crippen molar-refractivity contribution in [1.82, 2.24) is 25.7 Å². The SMILES string of the molecule is CC(=O)NCCN(C(=O)C(C)NC(=O)c1n[nH]c2ccccc12)C(C)C(=O)O. The lowest BCUT2D eigenvalue weighted by Crippen LogP contribution is -2.53. The highest BCUT2D eigenvalue weighted by atomic mass is 16.4. The van der Waals surface area contributed by atoms with E-state index in [1.165, 1.54) is 20.8 Å². The molecule has 0 spiro atoms. The van der Waals surface area contributed by atoms with E-state index in [1.54, 1.807) is 24.3 Å². The number of fused-ring (bicyclic) bond motifs is 1. The summed E-state index contributed by atoms with van der Waals surface area (Å²) in [6, 6.07) is 4.96. The minimum absolute atomic E-state index is 0.00255. The van der Waals surface area contributed by atoms with Gasteiger partial charge in [0.2, 0.25) is 11.8 Å². The second-order valence-corrected chi connectivity index (χ2v) is 6.34. The Labute approximate surface area is 161 Å². The van der Waals surface area contributed by atoms with Crippen LogP contribution in [0.1, 0.15) is 31.3 Å². The summed E-state index contributed by atoms with van der Waals surface area (Å²) in [4.78, 5) is 48.7. The van der Waals surface area contributed by atoms with Crippen LogP contribution in [-0.4, -0.2) is 69.1 Å². The van der Waals surface area contributed by atoms with Crippen molar-refractivity contribution < 1.29 is 24.3 Å². The third-order valence-corrected chi connectivity index (χ3v) is 4.24. The maximum atomic E-state index is 12.7. The zero-order chi connectivity index (χ0) is 20.8. The molecule has 2 unspecified atom stereocenters. The fraction of sp³-hybridized carbons (Fsp3) is 0.389. The number of carbonyl (C=O) groups is 4. The number of carboxylic acid groups (broad SMARTS) is 1. The Morgan fingerprint density at radius 1 is 1.21 bits per heavy atom. The highest BCUT2D eigenvalue weighted by Gasteiger charge is 2.30. The van der Waals surface area contributed by atoms with Crippen molar-refractivity contribution in [2.45, 2.75) is 32.9 Å². The molecule has 1 heterocycles. The quantitative estimate of drug-likeness (QED) is 0.505. The number of benzene rings is 1. The van der Waals surface area contributed by atoms with Gasteiger partial charge in [0.15, 0.2) is 5.69 Å². The van der Waals surface area contributed by atoms with Crippen molar-refractivity contribution in [3.8, 4) is 0 Å². The summed E-state index contributed by atoms with van der Waals surface area (Å²) in [6.07, 6.45) is 0. The molecule has 28 heavy (non-hydrogen) atoms. The smallest absolute Gasteiger partial charge is 0.326 e. The van der Waals surface area contributed by atoms with Crippen LogP contribution in [-0.2, 0) is 14.4 Å². The van der Waals surface area contributed by atoms with E-state index >= 15 is 0 Å². The fourth-order valence-corrected chi connectivity index (χ4v) is 2.69. The minimum atomic E-state index is -1.19. The van der Waals surface area contributed by atoms with Crippen molar-refractivity contribution >= 4 is 34.6 Å². The number of rotatable bonds is 8. The van der Waals surface area contributed by atoms with Crippen LogP contribution in [0.25, 0.3) is 10.9 Å². The summed E-state index contributed by atoms with van der Waals surface area (Å²) < 4.78 is 0. The van der Waals surface area contributed by atoms with E-state index in [0.717, 1.165) is 4.90 Å². The summed E-state index contributed by atoms with van der Waals surface area (Å²) in [5, 5.41) is 21.7. The molecule has 4 N–H and O–H groups in total. The van der Waals surface area contributed by atoms with E-state index in [-0.39, 0.29) is 24.7 Å². The normalized spacial score (nSPS) is 12.8. The molecule has 0 aliphatic rings. The first kappa shape index (κ1) is 20.9. The van der Waals surface area contributed by atoms with Crippen LogP contribution in [0.15, 0.2) is 24.3 Å². The molecule has 3 amide bonds. The number of H-pyrrole nitrogens is 1. The average molecular weight is 389 g/mol. The lowest BCUT2D eigenvalue weighted by atomic mass is 10.1. The largest absolute Gasteiger partial charge is 0.480 e. The van der Waals surface area contributed by atoms with E-state index in [4.69, 9.17) is 0 Å². The molecule has 0 bridgehead atoms. The van der Waals surface area contributed by atoms with Crippen LogP contribution >= 0.6 is 0 Å². The molecule has 2 aromatic rings. The van der Waals surface area contributed by atoms with Gasteiger partial charge in [-0.25, -0.2) is 4.79 Å². The molecule has 150 valence electrons. The van der Waals surface area contributed by atoms with Crippen LogP contribution in [0.2, 0.25) is 0 Å². The van der Waals surface area contributed by atoms with E-state index in [2.05, 4.69) is 20.8 Å². The molecule has 0 radical (unpaired) electrons. The Morgan fingerprint density at radius 2 is 1.89 bits per heavy atom. The maximum absolute atomic E-state index is 12.7. The highest BCUT2D eigenvalue weighted by Crippen LogP contribution is 2.15. The zero-order valence-corrected chi connectivity index (χ0v) is 15.9. The van der Waals surface area contributed by atoms with Crippen molar-refractivity contribution in [2.24, 2.45) is 0 Å². The minimum Gasteiger partial charge on any atom is -0.480 e. The Morgan fingerprint density at radius 3 is 2.54 bits per heavy atom. The number of carboxylic acids is 1. The molecular formula is C18H23N5O5. The Kier molecular flexibility index (Phi) is 6.69. The number of hydrogen-bond acceptors (Lipinski definition) is 5. The molecular weight excluding hydrogens is 366 g/mol. The maximum Gasteiger partial charge on any atom is 0.326 e. The Bertz CT molecular complexity index is 893. The Balaban J connectivity index is 2.11. The predicted molar refractivity (Wildman–Crippen MR) is 101 cm³/mol. The van der Waals surface area contributed by atoms with Gasteiger partial charge in [-0.2, -0.15) is 5.10 Å². The number of hydrogen-bond donors (Lipinski definition) is 4. The lowest BCUT2D eigenvalue weighted by Gasteiger charge is -2.29. The van der Waals surface area contributed by atoms with E-state index in [9.17, 15) is 24.3 Å². The lowest BCUT2D eigenvalue weighted by molar-refractivity contribution is -0.150. The van der Waals surface area contributed by atoms with Gasteiger partial charge < -0.3 is 20.6 Å². The van der Waals surface area contributed by atoms with Gasteiger partial charge in [-0.05, 0) is 19.9 Å². The summed E-state index contributed by atoms with van der Waals surface area (Å²) in [5.41, 5.74) is 0.828. The van der Waals surface area contributed by atoms with Gasteiger partial charge in [0.25, 0.3) is 5.91 Å². The van der Waals surface area contributed by atoms with Gasteiger partial charge in [-0.3, -0.25) is 19.5 Å². The summed E-state index contributed by atoms with van der Waals surface area (Å²) >= 11 is 0. The van der Waals surface area contributed by atoms with Gasteiger partial charge >= 0.3 is 5.97 Å². The topological polar surface area (TPSA) is 144 Å². The summed E-state index contributed by atoms with van der Waals surface area (Å²) in [5.74, 6) is -2.60. The van der Waals surface area contributed by atoms with Crippen molar-refractivity contribution in [3.63, 3.8) is 0 Å². The van der Waals surface area contributed by atoms with Gasteiger partial charge in [0, 0.05) is 25.4 Å². The number of aromatic nitrogens is 2. The number of nitrogens with zero attached hydrogens (tertiary/aromatic N) is 2. The van der Waals surface area contributed by atoms with Crippen LogP contribution in [0.3, 0.4) is 0 Å². The molecule has 1 aromatic carbocycles.